The Labute approximate surface area is 183 Å². The van der Waals surface area contributed by atoms with Crippen LogP contribution in [0, 0.1) is 0 Å². The third-order valence-corrected chi connectivity index (χ3v) is 6.05. The number of methoxy groups -OCH3 is 1. The Morgan fingerprint density at radius 1 is 1.06 bits per heavy atom. The van der Waals surface area contributed by atoms with Crippen molar-refractivity contribution in [2.75, 3.05) is 7.11 Å². The van der Waals surface area contributed by atoms with E-state index in [1.54, 1.807) is 7.11 Å². The lowest BCUT2D eigenvalue weighted by atomic mass is 10.0. The van der Waals surface area contributed by atoms with E-state index in [0.717, 1.165) is 54.9 Å². The van der Waals surface area contributed by atoms with E-state index in [0.29, 0.717) is 0 Å². The van der Waals surface area contributed by atoms with Gasteiger partial charge in [0.1, 0.15) is 11.6 Å². The number of aromatic nitrogens is 3. The topological polar surface area (TPSA) is 50.8 Å². The second-order valence-corrected chi connectivity index (χ2v) is 8.42. The first kappa shape index (κ1) is 19.6. The second kappa shape index (κ2) is 8.38. The van der Waals surface area contributed by atoms with Crippen LogP contribution in [0.5, 0.6) is 5.75 Å². The molecular weight excluding hydrogens is 382 g/mol. The van der Waals surface area contributed by atoms with Gasteiger partial charge < -0.3 is 9.72 Å². The number of rotatable bonds is 7. The van der Waals surface area contributed by atoms with Gasteiger partial charge >= 0.3 is 0 Å². The molecule has 4 nitrogen and oxygen atoms in total. The summed E-state index contributed by atoms with van der Waals surface area (Å²) in [4.78, 5) is 12.7. The molecule has 2 aromatic carbocycles. The minimum atomic E-state index is 0.851. The highest BCUT2D eigenvalue weighted by Gasteiger charge is 2.11. The third kappa shape index (κ3) is 4.24. The highest BCUT2D eigenvalue weighted by atomic mass is 16.5. The molecule has 4 aromatic rings. The summed E-state index contributed by atoms with van der Waals surface area (Å²) < 4.78 is 5.38. The van der Waals surface area contributed by atoms with Crippen LogP contribution in [-0.2, 0) is 25.7 Å². The van der Waals surface area contributed by atoms with Crippen molar-refractivity contribution < 1.29 is 4.74 Å². The van der Waals surface area contributed by atoms with Gasteiger partial charge in [-0.3, -0.25) is 0 Å². The molecule has 2 heterocycles. The van der Waals surface area contributed by atoms with Gasteiger partial charge in [0, 0.05) is 41.8 Å². The van der Waals surface area contributed by atoms with Crippen molar-refractivity contribution in [1.29, 1.82) is 0 Å². The maximum absolute atomic E-state index is 5.38. The van der Waals surface area contributed by atoms with E-state index in [1.807, 2.05) is 18.3 Å². The summed E-state index contributed by atoms with van der Waals surface area (Å²) >= 11 is 0. The molecule has 5 rings (SSSR count). The molecule has 2 aromatic heterocycles. The predicted molar refractivity (Wildman–Crippen MR) is 126 cm³/mol. The normalized spacial score (nSPS) is 12.8. The minimum Gasteiger partial charge on any atom is -0.497 e. The number of H-pyrrole nitrogens is 1. The lowest BCUT2D eigenvalue weighted by molar-refractivity contribution is 0.415. The van der Waals surface area contributed by atoms with Crippen molar-refractivity contribution in [3.63, 3.8) is 0 Å². The van der Waals surface area contributed by atoms with Gasteiger partial charge in [-0.25, -0.2) is 9.97 Å². The zero-order chi connectivity index (χ0) is 21.2. The molecular formula is C27H27N3O. The first-order valence-corrected chi connectivity index (χ1v) is 10.9. The Bertz CT molecular complexity index is 1270. The molecule has 0 bridgehead atoms. The molecule has 1 aliphatic rings. The monoisotopic (exact) mass is 409 g/mol. The van der Waals surface area contributed by atoms with Crippen molar-refractivity contribution in [3.8, 4) is 5.75 Å². The Hall–Kier alpha value is -3.40. The molecule has 1 aliphatic carbocycles. The Balaban J connectivity index is 1.23. The van der Waals surface area contributed by atoms with Gasteiger partial charge in [-0.2, -0.15) is 0 Å². The summed E-state index contributed by atoms with van der Waals surface area (Å²) in [7, 11) is 1.71. The van der Waals surface area contributed by atoms with Crippen LogP contribution in [-0.4, -0.2) is 22.1 Å². The average molecular weight is 410 g/mol. The molecule has 0 spiro atoms. The van der Waals surface area contributed by atoms with E-state index in [4.69, 9.17) is 9.72 Å². The third-order valence-electron chi connectivity index (χ3n) is 6.05. The van der Waals surface area contributed by atoms with Gasteiger partial charge in [0.2, 0.25) is 0 Å². The molecule has 0 saturated heterocycles. The first-order chi connectivity index (χ1) is 15.2. The number of aryl methyl sites for hydroxylation is 2. The SMILES string of the molecule is COc1ccc2[nH]cc(CCCc3nccc(Cc4ccc5c(c4)CC(C)=C5)n3)c2c1. The molecule has 1 N–H and O–H groups in total. The van der Waals surface area contributed by atoms with Crippen LogP contribution in [0.25, 0.3) is 17.0 Å². The van der Waals surface area contributed by atoms with Crippen molar-refractivity contribution in [2.24, 2.45) is 0 Å². The molecule has 0 unspecified atom stereocenters. The standard InChI is InChI=1S/C27H27N3O/c1-18-12-20-7-6-19(14-22(20)13-18)15-23-10-11-28-27(30-23)5-3-4-21-17-29-26-9-8-24(31-2)16-25(21)26/h6-12,14,16-17,29H,3-5,13,15H2,1-2H3. The fraction of sp³-hybridized carbons (Fsp3) is 0.259. The van der Waals surface area contributed by atoms with Crippen LogP contribution in [0.15, 0.2) is 60.4 Å². The van der Waals surface area contributed by atoms with Gasteiger partial charge in [-0.1, -0.05) is 29.8 Å². The van der Waals surface area contributed by atoms with E-state index in [-0.39, 0.29) is 0 Å². The van der Waals surface area contributed by atoms with E-state index >= 15 is 0 Å². The summed E-state index contributed by atoms with van der Waals surface area (Å²) in [5.41, 5.74) is 9.09. The summed E-state index contributed by atoms with van der Waals surface area (Å²) in [6.07, 6.45) is 11.1. The Kier molecular flexibility index (Phi) is 5.29. The summed E-state index contributed by atoms with van der Waals surface area (Å²) in [5, 5.41) is 1.23. The number of hydrogen-bond acceptors (Lipinski definition) is 3. The molecule has 31 heavy (non-hydrogen) atoms. The van der Waals surface area contributed by atoms with Crippen LogP contribution >= 0.6 is 0 Å². The van der Waals surface area contributed by atoms with Crippen LogP contribution in [0.1, 0.15) is 47.1 Å². The molecule has 0 saturated carbocycles. The molecule has 0 amide bonds. The quantitative estimate of drug-likeness (QED) is 0.426. The van der Waals surface area contributed by atoms with E-state index in [2.05, 4.69) is 59.5 Å². The Morgan fingerprint density at radius 3 is 2.90 bits per heavy atom. The summed E-state index contributed by atoms with van der Waals surface area (Å²) in [6.45, 7) is 2.20. The number of aromatic amines is 1. The maximum atomic E-state index is 5.38. The van der Waals surface area contributed by atoms with Crippen molar-refractivity contribution in [2.45, 2.75) is 39.0 Å². The number of fused-ring (bicyclic) bond motifs is 2. The number of ether oxygens (including phenoxy) is 1. The Morgan fingerprint density at radius 2 is 2.00 bits per heavy atom. The zero-order valence-electron chi connectivity index (χ0n) is 18.1. The van der Waals surface area contributed by atoms with Gasteiger partial charge in [0.15, 0.2) is 0 Å². The van der Waals surface area contributed by atoms with Crippen LogP contribution in [0.4, 0.5) is 0 Å². The fourth-order valence-electron chi connectivity index (χ4n) is 4.48. The molecule has 0 atom stereocenters. The largest absolute Gasteiger partial charge is 0.497 e. The molecule has 156 valence electrons. The number of nitrogens with one attached hydrogen (secondary N) is 1. The number of hydrogen-bond donors (Lipinski definition) is 1. The highest BCUT2D eigenvalue weighted by Crippen LogP contribution is 2.27. The highest BCUT2D eigenvalue weighted by molar-refractivity contribution is 5.84. The van der Waals surface area contributed by atoms with Crippen LogP contribution in [0.2, 0.25) is 0 Å². The first-order valence-electron chi connectivity index (χ1n) is 10.9. The summed E-state index contributed by atoms with van der Waals surface area (Å²) in [5.74, 6) is 1.82. The van der Waals surface area contributed by atoms with Gasteiger partial charge in [-0.05, 0) is 72.7 Å². The van der Waals surface area contributed by atoms with Gasteiger partial charge in [-0.15, -0.1) is 0 Å². The number of allylic oxidation sites excluding steroid dienone is 1. The van der Waals surface area contributed by atoms with Gasteiger partial charge in [0.05, 0.1) is 7.11 Å². The fourth-order valence-corrected chi connectivity index (χ4v) is 4.48. The second-order valence-electron chi connectivity index (χ2n) is 8.42. The van der Waals surface area contributed by atoms with Crippen molar-refractivity contribution >= 4 is 17.0 Å². The molecule has 0 aliphatic heterocycles. The van der Waals surface area contributed by atoms with E-state index < -0.39 is 0 Å². The van der Waals surface area contributed by atoms with Crippen LogP contribution < -0.4 is 4.74 Å². The zero-order valence-corrected chi connectivity index (χ0v) is 18.1. The van der Waals surface area contributed by atoms with Gasteiger partial charge in [0.25, 0.3) is 0 Å². The molecule has 0 fully saturated rings. The molecule has 4 heteroatoms. The molecule has 0 radical (unpaired) electrons. The predicted octanol–water partition coefficient (Wildman–Crippen LogP) is 5.69. The lowest BCUT2D eigenvalue weighted by Crippen LogP contribution is -2.01. The average Bonchev–Trinajstić information content (AvgIpc) is 3.35. The maximum Gasteiger partial charge on any atom is 0.128 e. The van der Waals surface area contributed by atoms with Crippen molar-refractivity contribution in [1.82, 2.24) is 15.0 Å². The summed E-state index contributed by atoms with van der Waals surface area (Å²) in [6, 6.07) is 15.0. The number of nitrogens with zero attached hydrogens (tertiary/aromatic N) is 2. The minimum absolute atomic E-state index is 0.851. The van der Waals surface area contributed by atoms with Crippen molar-refractivity contribution in [3.05, 3.63) is 94.2 Å². The lowest BCUT2D eigenvalue weighted by Gasteiger charge is -2.07. The number of benzene rings is 2. The van der Waals surface area contributed by atoms with Crippen LogP contribution in [0.3, 0.4) is 0 Å². The van der Waals surface area contributed by atoms with E-state index in [1.165, 1.54) is 33.2 Å². The smallest absolute Gasteiger partial charge is 0.128 e. The van der Waals surface area contributed by atoms with E-state index in [9.17, 15) is 0 Å².